The van der Waals surface area contributed by atoms with Crippen LogP contribution in [0.5, 0.6) is 0 Å². The zero-order valence-electron chi connectivity index (χ0n) is 22.2. The van der Waals surface area contributed by atoms with Gasteiger partial charge in [-0.15, -0.1) is 0 Å². The van der Waals surface area contributed by atoms with Gasteiger partial charge < -0.3 is 20.3 Å². The minimum Gasteiger partial charge on any atom is -0.379 e. The molecule has 3 aliphatic rings. The lowest BCUT2D eigenvalue weighted by Gasteiger charge is -2.37. The van der Waals surface area contributed by atoms with Crippen molar-refractivity contribution < 1.29 is 9.53 Å². The molecule has 5 rings (SSSR count). The van der Waals surface area contributed by atoms with Crippen LogP contribution in [0.2, 0.25) is 0 Å². The summed E-state index contributed by atoms with van der Waals surface area (Å²) in [6, 6.07) is 9.78. The van der Waals surface area contributed by atoms with Gasteiger partial charge in [0.1, 0.15) is 17.8 Å². The van der Waals surface area contributed by atoms with Crippen molar-refractivity contribution in [1.29, 1.82) is 0 Å². The number of amides is 1. The molecule has 0 bridgehead atoms. The zero-order valence-corrected chi connectivity index (χ0v) is 23.0. The first kappa shape index (κ1) is 26.7. The largest absolute Gasteiger partial charge is 0.379 e. The lowest BCUT2D eigenvalue weighted by atomic mass is 10.2. The number of rotatable bonds is 9. The Hall–Kier alpha value is -2.93. The maximum absolute atomic E-state index is 11.3. The highest BCUT2D eigenvalue weighted by molar-refractivity contribution is 7.99. The number of carbonyl (C=O) groups excluding carboxylic acids is 1. The summed E-state index contributed by atoms with van der Waals surface area (Å²) in [6.07, 6.45) is 0.846. The molecule has 1 aromatic heterocycles. The van der Waals surface area contributed by atoms with Crippen LogP contribution >= 0.6 is 11.8 Å². The third-order valence-electron chi connectivity index (χ3n) is 6.84. The van der Waals surface area contributed by atoms with E-state index >= 15 is 0 Å². The third-order valence-corrected chi connectivity index (χ3v) is 7.71. The van der Waals surface area contributed by atoms with Crippen LogP contribution in [0.1, 0.15) is 20.3 Å². The summed E-state index contributed by atoms with van der Waals surface area (Å²) in [5, 5.41) is 11.3. The Kier molecular flexibility index (Phi) is 8.94. The normalized spacial score (nSPS) is 20.6. The van der Waals surface area contributed by atoms with Crippen LogP contribution in [0, 0.1) is 0 Å². The van der Waals surface area contributed by atoms with E-state index in [-0.39, 0.29) is 12.1 Å². The summed E-state index contributed by atoms with van der Waals surface area (Å²) in [6.45, 7) is 13.4. The van der Waals surface area contributed by atoms with Crippen molar-refractivity contribution in [2.45, 2.75) is 36.5 Å². The average molecular weight is 540 g/mol. The van der Waals surface area contributed by atoms with Crippen LogP contribution in [0.25, 0.3) is 0 Å². The van der Waals surface area contributed by atoms with Crippen LogP contribution in [-0.4, -0.2) is 103 Å². The van der Waals surface area contributed by atoms with Crippen molar-refractivity contribution in [1.82, 2.24) is 25.2 Å². The van der Waals surface area contributed by atoms with Crippen LogP contribution in [0.4, 0.5) is 17.3 Å². The molecule has 2 fully saturated rings. The molecule has 11 nitrogen and oxygen atoms in total. The van der Waals surface area contributed by atoms with E-state index in [1.165, 1.54) is 18.7 Å². The van der Waals surface area contributed by atoms with E-state index in [0.29, 0.717) is 5.16 Å². The fraction of sp³-hybridized carbons (Fsp3) is 0.538. The maximum atomic E-state index is 11.3. The first-order chi connectivity index (χ1) is 18.5. The molecular weight excluding hydrogens is 502 g/mol. The van der Waals surface area contributed by atoms with Crippen molar-refractivity contribution in [2.24, 2.45) is 5.10 Å². The first-order valence-electron chi connectivity index (χ1n) is 13.3. The summed E-state index contributed by atoms with van der Waals surface area (Å²) >= 11 is 1.51. The minimum absolute atomic E-state index is 0.0181. The van der Waals surface area contributed by atoms with Gasteiger partial charge in [-0.25, -0.2) is 9.97 Å². The molecular formula is C26H37N9O2S. The van der Waals surface area contributed by atoms with Crippen LogP contribution in [0.3, 0.4) is 0 Å². The number of anilines is 3. The molecule has 204 valence electrons. The summed E-state index contributed by atoms with van der Waals surface area (Å²) in [7, 11) is 0. The number of nitrogens with one attached hydrogen (secondary N) is 3. The van der Waals surface area contributed by atoms with Gasteiger partial charge in [0.25, 0.3) is 0 Å². The standard InChI is InChI=1S/C26H37N9O2S/c1-19-17-24(32-31-19)28-23-18-25(30-26(29-23)38-22-5-3-21(4-6-22)27-20(2)36)35-11-9-33(10-12-35)7-8-34-13-15-37-16-14-34/h3-6,18,24,32H,7-17H2,1-2H3,(H,27,36)(H,28,29,30). The molecule has 0 saturated carbocycles. The topological polar surface area (TPSA) is 110 Å². The fourth-order valence-corrected chi connectivity index (χ4v) is 5.52. The molecule has 0 radical (unpaired) electrons. The molecule has 4 heterocycles. The SMILES string of the molecule is CC(=O)Nc1ccc(Sc2nc(NC3CC(C)=NN3)cc(N3CCN(CCN4CCOCC4)CC3)n2)cc1. The molecule has 1 aromatic carbocycles. The molecule has 12 heteroatoms. The van der Waals surface area contributed by atoms with E-state index in [1.54, 1.807) is 0 Å². The van der Waals surface area contributed by atoms with Crippen LogP contribution < -0.4 is 21.0 Å². The molecule has 0 aliphatic carbocycles. The smallest absolute Gasteiger partial charge is 0.221 e. The number of hydrazone groups is 1. The first-order valence-corrected chi connectivity index (χ1v) is 14.1. The van der Waals surface area contributed by atoms with Gasteiger partial charge in [-0.2, -0.15) is 5.10 Å². The van der Waals surface area contributed by atoms with Crippen molar-refractivity contribution in [2.75, 3.05) is 81.1 Å². The van der Waals surface area contributed by atoms with Crippen molar-refractivity contribution >= 4 is 40.7 Å². The molecule has 3 aliphatic heterocycles. The van der Waals surface area contributed by atoms with Crippen LogP contribution in [0.15, 0.2) is 45.5 Å². The second-order valence-corrected chi connectivity index (χ2v) is 10.9. The van der Waals surface area contributed by atoms with E-state index in [9.17, 15) is 4.79 Å². The highest BCUT2D eigenvalue weighted by atomic mass is 32.2. The molecule has 2 saturated heterocycles. The minimum atomic E-state index is -0.0851. The van der Waals surface area contributed by atoms with Crippen molar-refractivity contribution in [3.05, 3.63) is 30.3 Å². The van der Waals surface area contributed by atoms with Gasteiger partial charge in [0.2, 0.25) is 5.91 Å². The Morgan fingerprint density at radius 1 is 1.05 bits per heavy atom. The third kappa shape index (κ3) is 7.56. The Bertz CT molecular complexity index is 1120. The molecule has 38 heavy (non-hydrogen) atoms. The monoisotopic (exact) mass is 539 g/mol. The number of hydrogen-bond donors (Lipinski definition) is 3. The van der Waals surface area contributed by atoms with Crippen molar-refractivity contribution in [3.63, 3.8) is 0 Å². The quantitative estimate of drug-likeness (QED) is 0.410. The van der Waals surface area contributed by atoms with Gasteiger partial charge in [0, 0.05) is 88.1 Å². The Morgan fingerprint density at radius 2 is 1.76 bits per heavy atom. The Labute approximate surface area is 228 Å². The number of morpholine rings is 1. The number of benzene rings is 1. The van der Waals surface area contributed by atoms with E-state index in [4.69, 9.17) is 14.7 Å². The highest BCUT2D eigenvalue weighted by Crippen LogP contribution is 2.30. The number of piperazine rings is 1. The van der Waals surface area contributed by atoms with Gasteiger partial charge >= 0.3 is 0 Å². The van der Waals surface area contributed by atoms with E-state index in [1.807, 2.05) is 37.3 Å². The lowest BCUT2D eigenvalue weighted by Crippen LogP contribution is -2.49. The average Bonchev–Trinajstić information content (AvgIpc) is 3.33. The molecule has 0 spiro atoms. The summed E-state index contributed by atoms with van der Waals surface area (Å²) in [5.41, 5.74) is 4.97. The number of hydrogen-bond acceptors (Lipinski definition) is 11. The second-order valence-electron chi connectivity index (χ2n) is 9.86. The fourth-order valence-electron chi connectivity index (χ4n) is 4.75. The zero-order chi connectivity index (χ0) is 26.3. The number of aromatic nitrogens is 2. The Balaban J connectivity index is 1.24. The molecule has 1 atom stereocenters. The lowest BCUT2D eigenvalue weighted by molar-refractivity contribution is -0.114. The predicted octanol–water partition coefficient (Wildman–Crippen LogP) is 2.15. The number of carbonyl (C=O) groups is 1. The van der Waals surface area contributed by atoms with Gasteiger partial charge in [-0.3, -0.25) is 20.0 Å². The van der Waals surface area contributed by atoms with E-state index < -0.39 is 0 Å². The maximum Gasteiger partial charge on any atom is 0.221 e. The Morgan fingerprint density at radius 3 is 2.42 bits per heavy atom. The van der Waals surface area contributed by atoms with Gasteiger partial charge in [-0.05, 0) is 43.0 Å². The number of ether oxygens (including phenoxy) is 1. The van der Waals surface area contributed by atoms with Gasteiger partial charge in [0.05, 0.1) is 13.2 Å². The second kappa shape index (κ2) is 12.7. The van der Waals surface area contributed by atoms with Crippen LogP contribution in [-0.2, 0) is 9.53 Å². The molecule has 3 N–H and O–H groups in total. The summed E-state index contributed by atoms with van der Waals surface area (Å²) < 4.78 is 5.47. The molecule has 1 amide bonds. The van der Waals surface area contributed by atoms with E-state index in [0.717, 1.165) is 99.9 Å². The summed E-state index contributed by atoms with van der Waals surface area (Å²) in [5.74, 6) is 1.63. The van der Waals surface area contributed by atoms with Gasteiger partial charge in [0.15, 0.2) is 5.16 Å². The number of nitrogens with zero attached hydrogens (tertiary/aromatic N) is 6. The van der Waals surface area contributed by atoms with E-state index in [2.05, 4.69) is 35.9 Å². The highest BCUT2D eigenvalue weighted by Gasteiger charge is 2.22. The molecule has 2 aromatic rings. The molecule has 1 unspecified atom stereocenters. The summed E-state index contributed by atoms with van der Waals surface area (Å²) in [4.78, 5) is 29.5. The van der Waals surface area contributed by atoms with Gasteiger partial charge in [-0.1, -0.05) is 0 Å². The predicted molar refractivity (Wildman–Crippen MR) is 151 cm³/mol. The van der Waals surface area contributed by atoms with Crippen molar-refractivity contribution in [3.8, 4) is 0 Å².